The highest BCUT2D eigenvalue weighted by Crippen LogP contribution is 2.37. The third kappa shape index (κ3) is 1.24. The van der Waals surface area contributed by atoms with Crippen LogP contribution in [0.5, 0.6) is 0 Å². The summed E-state index contributed by atoms with van der Waals surface area (Å²) >= 11 is 0. The van der Waals surface area contributed by atoms with Crippen LogP contribution >= 0.6 is 0 Å². The highest BCUT2D eigenvalue weighted by atomic mass is 14.9. The molecule has 1 saturated carbocycles. The van der Waals surface area contributed by atoms with E-state index in [0.29, 0.717) is 0 Å². The lowest BCUT2D eigenvalue weighted by molar-refractivity contribution is 0.568. The molecule has 2 aliphatic rings. The van der Waals surface area contributed by atoms with Gasteiger partial charge in [0.1, 0.15) is 0 Å². The second-order valence-electron chi connectivity index (χ2n) is 3.62. The molecule has 0 aromatic rings. The van der Waals surface area contributed by atoms with Gasteiger partial charge in [0, 0.05) is 13.1 Å². The fraction of sp³-hybridized carbons (Fsp3) is 0.778. The zero-order valence-electron chi connectivity index (χ0n) is 6.56. The van der Waals surface area contributed by atoms with Crippen molar-refractivity contribution in [3.8, 4) is 0 Å². The minimum Gasteiger partial charge on any atom is -0.312 e. The number of hydrogen-bond acceptors (Lipinski definition) is 1. The zero-order valence-corrected chi connectivity index (χ0v) is 6.56. The standard InChI is InChI=1S/C9H15N/c1-7-4-9(6-10-5-7)8-2-3-8/h4,7-8,10H,2-3,5-6H2,1H3. The van der Waals surface area contributed by atoms with Gasteiger partial charge < -0.3 is 5.32 Å². The maximum Gasteiger partial charge on any atom is 0.0167 e. The molecule has 10 heavy (non-hydrogen) atoms. The lowest BCUT2D eigenvalue weighted by Crippen LogP contribution is -2.28. The van der Waals surface area contributed by atoms with E-state index in [1.54, 1.807) is 5.57 Å². The van der Waals surface area contributed by atoms with E-state index in [1.165, 1.54) is 19.4 Å². The summed E-state index contributed by atoms with van der Waals surface area (Å²) in [5.41, 5.74) is 1.68. The molecular formula is C9H15N. The lowest BCUT2D eigenvalue weighted by Gasteiger charge is -2.18. The van der Waals surface area contributed by atoms with Gasteiger partial charge in [-0.3, -0.25) is 0 Å². The third-order valence-electron chi connectivity index (χ3n) is 2.40. The topological polar surface area (TPSA) is 12.0 Å². The molecule has 2 rings (SSSR count). The monoisotopic (exact) mass is 137 g/mol. The molecule has 1 heteroatoms. The van der Waals surface area contributed by atoms with Crippen molar-refractivity contribution >= 4 is 0 Å². The van der Waals surface area contributed by atoms with Gasteiger partial charge in [-0.05, 0) is 24.7 Å². The quantitative estimate of drug-likeness (QED) is 0.541. The van der Waals surface area contributed by atoms with Crippen LogP contribution < -0.4 is 5.32 Å². The maximum absolute atomic E-state index is 3.44. The van der Waals surface area contributed by atoms with Gasteiger partial charge in [0.2, 0.25) is 0 Å². The summed E-state index contributed by atoms with van der Waals surface area (Å²) in [7, 11) is 0. The van der Waals surface area contributed by atoms with E-state index in [9.17, 15) is 0 Å². The van der Waals surface area contributed by atoms with Crippen molar-refractivity contribution < 1.29 is 0 Å². The molecule has 1 fully saturated rings. The highest BCUT2D eigenvalue weighted by molar-refractivity contribution is 5.17. The molecule has 1 nitrogen and oxygen atoms in total. The number of hydrogen-bond donors (Lipinski definition) is 1. The molecule has 1 unspecified atom stereocenters. The van der Waals surface area contributed by atoms with Crippen LogP contribution in [0.25, 0.3) is 0 Å². The Morgan fingerprint density at radius 1 is 1.50 bits per heavy atom. The molecule has 1 heterocycles. The second kappa shape index (κ2) is 2.39. The van der Waals surface area contributed by atoms with Crippen molar-refractivity contribution in [2.45, 2.75) is 19.8 Å². The summed E-state index contributed by atoms with van der Waals surface area (Å²) in [5, 5.41) is 3.44. The van der Waals surface area contributed by atoms with E-state index >= 15 is 0 Å². The first-order chi connectivity index (χ1) is 4.86. The van der Waals surface area contributed by atoms with Gasteiger partial charge in [0.25, 0.3) is 0 Å². The molecule has 0 bridgehead atoms. The first kappa shape index (κ1) is 6.41. The Hall–Kier alpha value is -0.300. The number of rotatable bonds is 1. The Kier molecular flexibility index (Phi) is 1.53. The van der Waals surface area contributed by atoms with Crippen LogP contribution in [0.1, 0.15) is 19.8 Å². The SMILES string of the molecule is CC1C=C(C2CC2)CNC1. The van der Waals surface area contributed by atoms with Crippen molar-refractivity contribution in [1.82, 2.24) is 5.32 Å². The predicted octanol–water partition coefficient (Wildman–Crippen LogP) is 1.56. The summed E-state index contributed by atoms with van der Waals surface area (Å²) in [6.07, 6.45) is 5.36. The predicted molar refractivity (Wildman–Crippen MR) is 42.8 cm³/mol. The van der Waals surface area contributed by atoms with Crippen LogP contribution in [0, 0.1) is 11.8 Å². The average molecular weight is 137 g/mol. The molecule has 0 amide bonds. The van der Waals surface area contributed by atoms with Crippen LogP contribution in [-0.4, -0.2) is 13.1 Å². The molecule has 0 spiro atoms. The Morgan fingerprint density at radius 2 is 2.30 bits per heavy atom. The van der Waals surface area contributed by atoms with Gasteiger partial charge in [-0.1, -0.05) is 18.6 Å². The Morgan fingerprint density at radius 3 is 2.90 bits per heavy atom. The van der Waals surface area contributed by atoms with E-state index in [2.05, 4.69) is 18.3 Å². The minimum absolute atomic E-state index is 0.768. The van der Waals surface area contributed by atoms with Gasteiger partial charge in [0.05, 0.1) is 0 Å². The molecule has 0 saturated heterocycles. The fourth-order valence-corrected chi connectivity index (χ4v) is 1.66. The second-order valence-corrected chi connectivity index (χ2v) is 3.62. The van der Waals surface area contributed by atoms with E-state index in [0.717, 1.165) is 18.4 Å². The first-order valence-electron chi connectivity index (χ1n) is 4.27. The van der Waals surface area contributed by atoms with E-state index < -0.39 is 0 Å². The molecule has 1 N–H and O–H groups in total. The Labute approximate surface area is 62.5 Å². The van der Waals surface area contributed by atoms with Crippen LogP contribution in [0.2, 0.25) is 0 Å². The summed E-state index contributed by atoms with van der Waals surface area (Å²) < 4.78 is 0. The largest absolute Gasteiger partial charge is 0.312 e. The lowest BCUT2D eigenvalue weighted by atomic mass is 10.0. The van der Waals surface area contributed by atoms with Gasteiger partial charge in [-0.15, -0.1) is 0 Å². The molecule has 1 aliphatic carbocycles. The van der Waals surface area contributed by atoms with Crippen LogP contribution in [0.4, 0.5) is 0 Å². The molecular weight excluding hydrogens is 122 g/mol. The van der Waals surface area contributed by atoms with Gasteiger partial charge in [-0.25, -0.2) is 0 Å². The van der Waals surface area contributed by atoms with Crippen molar-refractivity contribution in [2.75, 3.05) is 13.1 Å². The van der Waals surface area contributed by atoms with Gasteiger partial charge >= 0.3 is 0 Å². The Bertz CT molecular complexity index is 156. The molecule has 1 aliphatic heterocycles. The van der Waals surface area contributed by atoms with E-state index in [4.69, 9.17) is 0 Å². The summed E-state index contributed by atoms with van der Waals surface area (Å²) in [4.78, 5) is 0. The third-order valence-corrected chi connectivity index (χ3v) is 2.40. The molecule has 56 valence electrons. The summed E-state index contributed by atoms with van der Waals surface area (Å²) in [6.45, 7) is 4.62. The summed E-state index contributed by atoms with van der Waals surface area (Å²) in [6, 6.07) is 0. The number of nitrogens with one attached hydrogen (secondary N) is 1. The molecule has 0 aromatic carbocycles. The normalized spacial score (nSPS) is 33.7. The van der Waals surface area contributed by atoms with Crippen molar-refractivity contribution in [3.05, 3.63) is 11.6 Å². The summed E-state index contributed by atoms with van der Waals surface area (Å²) in [5.74, 6) is 1.74. The molecule has 0 aromatic heterocycles. The fourth-order valence-electron chi connectivity index (χ4n) is 1.66. The smallest absolute Gasteiger partial charge is 0.0167 e. The Balaban J connectivity index is 2.03. The van der Waals surface area contributed by atoms with Crippen molar-refractivity contribution in [3.63, 3.8) is 0 Å². The molecule has 1 atom stereocenters. The van der Waals surface area contributed by atoms with E-state index in [-0.39, 0.29) is 0 Å². The van der Waals surface area contributed by atoms with Gasteiger partial charge in [0.15, 0.2) is 0 Å². The average Bonchev–Trinajstić information content (AvgIpc) is 2.68. The van der Waals surface area contributed by atoms with Crippen LogP contribution in [0.15, 0.2) is 11.6 Å². The minimum atomic E-state index is 0.768. The van der Waals surface area contributed by atoms with Crippen LogP contribution in [0.3, 0.4) is 0 Å². The van der Waals surface area contributed by atoms with Crippen molar-refractivity contribution in [2.24, 2.45) is 11.8 Å². The van der Waals surface area contributed by atoms with E-state index in [1.807, 2.05) is 0 Å². The highest BCUT2D eigenvalue weighted by Gasteiger charge is 2.27. The maximum atomic E-state index is 3.44. The van der Waals surface area contributed by atoms with Gasteiger partial charge in [-0.2, -0.15) is 0 Å². The van der Waals surface area contributed by atoms with Crippen molar-refractivity contribution in [1.29, 1.82) is 0 Å². The first-order valence-corrected chi connectivity index (χ1v) is 4.27. The van der Waals surface area contributed by atoms with Crippen LogP contribution in [-0.2, 0) is 0 Å². The molecule has 0 radical (unpaired) electrons. The zero-order chi connectivity index (χ0) is 6.97.